The van der Waals surface area contributed by atoms with Crippen LogP contribution in [0, 0.1) is 0 Å². The van der Waals surface area contributed by atoms with Crippen molar-refractivity contribution in [1.82, 2.24) is 0 Å². The van der Waals surface area contributed by atoms with E-state index in [0.29, 0.717) is 0 Å². The first kappa shape index (κ1) is 23.2. The lowest BCUT2D eigenvalue weighted by Gasteiger charge is -2.18. The molecule has 0 unspecified atom stereocenters. The van der Waals surface area contributed by atoms with Crippen LogP contribution < -0.4 is 0 Å². The summed E-state index contributed by atoms with van der Waals surface area (Å²) < 4.78 is 15.1. The molecule has 0 atom stereocenters. The zero-order chi connectivity index (χ0) is 28.1. The average Bonchev–Trinajstić information content (AvgIpc) is 3.78. The average molecular weight is 567 g/mol. The maximum Gasteiger partial charge on any atom is 0.179 e. The van der Waals surface area contributed by atoms with Gasteiger partial charge in [-0.05, 0) is 74.1 Å². The highest BCUT2D eigenvalue weighted by Crippen LogP contribution is 2.49. The van der Waals surface area contributed by atoms with Gasteiger partial charge >= 0.3 is 0 Å². The molecule has 0 N–H and O–H groups in total. The van der Waals surface area contributed by atoms with Gasteiger partial charge in [0.25, 0.3) is 0 Å². The van der Waals surface area contributed by atoms with E-state index in [4.69, 9.17) is 8.83 Å². The smallest absolute Gasteiger partial charge is 0.179 e. The molecule has 2 nitrogen and oxygen atoms in total. The van der Waals surface area contributed by atoms with Gasteiger partial charge in [0.1, 0.15) is 5.58 Å². The standard InChI is InChI=1S/C40H22O2S/c1-3-12-29-27(10-1)36(23-17-18-26-25-9-6-8-16-34(25)43-35(26)22-23)28-11-2-4-13-30(28)37(29)32-21-24-19-20-41-39(24)40-38(32)31-14-5-7-15-33(31)42-40/h1-22H. The van der Waals surface area contributed by atoms with Gasteiger partial charge in [-0.2, -0.15) is 0 Å². The summed E-state index contributed by atoms with van der Waals surface area (Å²) in [7, 11) is 0. The quantitative estimate of drug-likeness (QED) is 0.195. The first-order chi connectivity index (χ1) is 21.3. The molecule has 0 spiro atoms. The van der Waals surface area contributed by atoms with Crippen molar-refractivity contribution in [3.8, 4) is 22.3 Å². The molecule has 7 aromatic carbocycles. The van der Waals surface area contributed by atoms with Gasteiger partial charge in [-0.3, -0.25) is 0 Å². The predicted octanol–water partition coefficient (Wildman–Crippen LogP) is 12.3. The highest BCUT2D eigenvalue weighted by molar-refractivity contribution is 7.25. The van der Waals surface area contributed by atoms with Crippen molar-refractivity contribution in [2.24, 2.45) is 0 Å². The number of hydrogen-bond acceptors (Lipinski definition) is 3. The molecule has 0 amide bonds. The van der Waals surface area contributed by atoms with E-state index in [-0.39, 0.29) is 0 Å². The molecule has 0 radical (unpaired) electrons. The van der Waals surface area contributed by atoms with Crippen molar-refractivity contribution in [3.63, 3.8) is 0 Å². The van der Waals surface area contributed by atoms with E-state index in [1.807, 2.05) is 29.5 Å². The number of fused-ring (bicyclic) bond motifs is 10. The van der Waals surface area contributed by atoms with Crippen LogP contribution in [0.15, 0.2) is 142 Å². The summed E-state index contributed by atoms with van der Waals surface area (Å²) in [6.07, 6.45) is 1.75. The van der Waals surface area contributed by atoms with Crippen LogP contribution in [0.5, 0.6) is 0 Å². The monoisotopic (exact) mass is 566 g/mol. The molecule has 0 saturated carbocycles. The molecule has 10 aromatic rings. The molecule has 3 aromatic heterocycles. The molecular weight excluding hydrogens is 545 g/mol. The minimum atomic E-state index is 0.789. The minimum Gasteiger partial charge on any atom is -0.460 e. The topological polar surface area (TPSA) is 26.3 Å². The van der Waals surface area contributed by atoms with Crippen LogP contribution >= 0.6 is 11.3 Å². The molecule has 0 aliphatic heterocycles. The summed E-state index contributed by atoms with van der Waals surface area (Å²) in [4.78, 5) is 0. The van der Waals surface area contributed by atoms with E-state index < -0.39 is 0 Å². The molecule has 0 saturated heterocycles. The minimum absolute atomic E-state index is 0.789. The van der Waals surface area contributed by atoms with E-state index in [9.17, 15) is 0 Å². The molecule has 43 heavy (non-hydrogen) atoms. The first-order valence-electron chi connectivity index (χ1n) is 14.5. The number of thiophene rings is 1. The number of rotatable bonds is 2. The summed E-state index contributed by atoms with van der Waals surface area (Å²) in [5.74, 6) is 0. The van der Waals surface area contributed by atoms with E-state index in [2.05, 4.69) is 109 Å². The lowest BCUT2D eigenvalue weighted by molar-refractivity contribution is 0.600. The van der Waals surface area contributed by atoms with Crippen molar-refractivity contribution >= 4 is 86.0 Å². The number of hydrogen-bond donors (Lipinski definition) is 0. The van der Waals surface area contributed by atoms with Gasteiger partial charge < -0.3 is 8.83 Å². The van der Waals surface area contributed by atoms with Crippen molar-refractivity contribution in [2.45, 2.75) is 0 Å². The molecule has 3 heterocycles. The maximum atomic E-state index is 6.48. The van der Waals surface area contributed by atoms with E-state index >= 15 is 0 Å². The van der Waals surface area contributed by atoms with Crippen LogP contribution in [-0.2, 0) is 0 Å². The number of benzene rings is 7. The zero-order valence-electron chi connectivity index (χ0n) is 22.9. The Labute approximate surface area is 250 Å². The third-order valence-corrected chi connectivity index (χ3v) is 10.1. The second-order valence-corrected chi connectivity index (χ2v) is 12.3. The molecule has 200 valence electrons. The molecule has 3 heteroatoms. The molecule has 10 rings (SSSR count). The van der Waals surface area contributed by atoms with Gasteiger partial charge in [0, 0.05) is 36.3 Å². The highest BCUT2D eigenvalue weighted by atomic mass is 32.1. The Morgan fingerprint density at radius 2 is 1.09 bits per heavy atom. The van der Waals surface area contributed by atoms with Gasteiger partial charge in [-0.1, -0.05) is 97.1 Å². The Hall–Kier alpha value is -5.38. The fourth-order valence-electron chi connectivity index (χ4n) is 7.13. The molecule has 0 bridgehead atoms. The highest BCUT2D eigenvalue weighted by Gasteiger charge is 2.23. The van der Waals surface area contributed by atoms with Gasteiger partial charge in [0.2, 0.25) is 0 Å². The third kappa shape index (κ3) is 3.17. The fraction of sp³-hybridized carbons (Fsp3) is 0. The lowest BCUT2D eigenvalue weighted by atomic mass is 9.84. The van der Waals surface area contributed by atoms with E-state index in [0.717, 1.165) is 38.5 Å². The third-order valence-electron chi connectivity index (χ3n) is 8.93. The van der Waals surface area contributed by atoms with Crippen molar-refractivity contribution in [3.05, 3.63) is 134 Å². The Balaban J connectivity index is 1.36. The zero-order valence-corrected chi connectivity index (χ0v) is 23.7. The van der Waals surface area contributed by atoms with Crippen LogP contribution in [0.2, 0.25) is 0 Å². The predicted molar refractivity (Wildman–Crippen MR) is 182 cm³/mol. The normalized spacial score (nSPS) is 12.2. The lowest BCUT2D eigenvalue weighted by Crippen LogP contribution is -1.91. The fourth-order valence-corrected chi connectivity index (χ4v) is 8.27. The van der Waals surface area contributed by atoms with Crippen molar-refractivity contribution in [2.75, 3.05) is 0 Å². The molecule has 0 fully saturated rings. The van der Waals surface area contributed by atoms with E-state index in [1.54, 1.807) is 6.26 Å². The Morgan fingerprint density at radius 1 is 0.465 bits per heavy atom. The summed E-state index contributed by atoms with van der Waals surface area (Å²) in [6.45, 7) is 0. The van der Waals surface area contributed by atoms with Crippen LogP contribution in [0.3, 0.4) is 0 Å². The largest absolute Gasteiger partial charge is 0.460 e. The van der Waals surface area contributed by atoms with Crippen molar-refractivity contribution < 1.29 is 8.83 Å². The molecule has 0 aliphatic rings. The first-order valence-corrected chi connectivity index (χ1v) is 15.3. The Bertz CT molecular complexity index is 2680. The van der Waals surface area contributed by atoms with Gasteiger partial charge in [0.15, 0.2) is 11.2 Å². The number of para-hydroxylation sites is 1. The van der Waals surface area contributed by atoms with Crippen molar-refractivity contribution in [1.29, 1.82) is 0 Å². The summed E-state index contributed by atoms with van der Waals surface area (Å²) >= 11 is 1.87. The Kier molecular flexibility index (Phi) is 4.63. The summed E-state index contributed by atoms with van der Waals surface area (Å²) in [5.41, 5.74) is 7.34. The summed E-state index contributed by atoms with van der Waals surface area (Å²) in [5, 5.41) is 10.8. The van der Waals surface area contributed by atoms with Crippen LogP contribution in [0.1, 0.15) is 0 Å². The van der Waals surface area contributed by atoms with Gasteiger partial charge in [-0.15, -0.1) is 11.3 Å². The second kappa shape index (κ2) is 8.57. The SMILES string of the molecule is c1ccc2c(c1)oc1c3occc3cc(-c3c4ccccc4c(-c4ccc5c(c4)sc4ccccc45)c4ccccc34)c21. The molecular formula is C40H22O2S. The number of furan rings is 2. The van der Waals surface area contributed by atoms with Crippen LogP contribution in [0.25, 0.3) is 96.9 Å². The van der Waals surface area contributed by atoms with Gasteiger partial charge in [0.05, 0.1) is 6.26 Å². The maximum absolute atomic E-state index is 6.48. The summed E-state index contributed by atoms with van der Waals surface area (Å²) in [6, 6.07) is 46.0. The molecule has 0 aliphatic carbocycles. The Morgan fingerprint density at radius 3 is 1.86 bits per heavy atom. The van der Waals surface area contributed by atoms with Gasteiger partial charge in [-0.25, -0.2) is 0 Å². The van der Waals surface area contributed by atoms with Crippen LogP contribution in [0.4, 0.5) is 0 Å². The van der Waals surface area contributed by atoms with E-state index in [1.165, 1.54) is 58.4 Å². The second-order valence-electron chi connectivity index (χ2n) is 11.2. The van der Waals surface area contributed by atoms with Crippen LogP contribution in [-0.4, -0.2) is 0 Å².